The normalized spacial score (nSPS) is 10.9. The summed E-state index contributed by atoms with van der Waals surface area (Å²) in [7, 11) is 0. The minimum atomic E-state index is -0.244. The van der Waals surface area contributed by atoms with Crippen molar-refractivity contribution in [2.45, 2.75) is 11.5 Å². The van der Waals surface area contributed by atoms with Gasteiger partial charge in [0.1, 0.15) is 5.76 Å². The molecule has 5 heteroatoms. The number of thioether (sulfide) groups is 1. The van der Waals surface area contributed by atoms with Crippen LogP contribution in [0.4, 0.5) is 0 Å². The molecule has 0 aliphatic carbocycles. The monoisotopic (exact) mass is 350 g/mol. The number of furan rings is 1. The lowest BCUT2D eigenvalue weighted by Crippen LogP contribution is -2.17. The fourth-order valence-electron chi connectivity index (χ4n) is 2.20. The van der Waals surface area contributed by atoms with Gasteiger partial charge in [0, 0.05) is 17.1 Å². The van der Waals surface area contributed by atoms with Gasteiger partial charge in [-0.2, -0.15) is 16.9 Å². The van der Waals surface area contributed by atoms with Gasteiger partial charge in [-0.05, 0) is 35.4 Å². The lowest BCUT2D eigenvalue weighted by atomic mass is 10.1. The average Bonchev–Trinajstić information content (AvgIpc) is 3.16. The van der Waals surface area contributed by atoms with Gasteiger partial charge in [-0.3, -0.25) is 4.79 Å². The van der Waals surface area contributed by atoms with Gasteiger partial charge in [0.15, 0.2) is 0 Å². The molecule has 3 aromatic rings. The third-order valence-electron chi connectivity index (χ3n) is 3.50. The van der Waals surface area contributed by atoms with Crippen LogP contribution in [0.1, 0.15) is 27.2 Å². The summed E-state index contributed by atoms with van der Waals surface area (Å²) in [4.78, 5) is 12.0. The molecule has 4 nitrogen and oxygen atoms in total. The van der Waals surface area contributed by atoms with Crippen molar-refractivity contribution in [1.82, 2.24) is 5.43 Å². The van der Waals surface area contributed by atoms with Crippen molar-refractivity contribution in [3.8, 4) is 0 Å². The largest absolute Gasteiger partial charge is 0.463 e. The molecule has 1 heterocycles. The van der Waals surface area contributed by atoms with E-state index in [0.717, 1.165) is 11.5 Å². The number of amides is 1. The molecule has 1 aromatic heterocycles. The van der Waals surface area contributed by atoms with Crippen molar-refractivity contribution in [2.24, 2.45) is 5.10 Å². The van der Waals surface area contributed by atoms with Gasteiger partial charge in [-0.15, -0.1) is 0 Å². The number of rotatable bonds is 7. The van der Waals surface area contributed by atoms with Crippen LogP contribution in [0, 0.1) is 0 Å². The van der Waals surface area contributed by atoms with Gasteiger partial charge in [0.05, 0.1) is 12.5 Å². The molecular formula is C20H18N2O2S. The Morgan fingerprint density at radius 3 is 2.36 bits per heavy atom. The smallest absolute Gasteiger partial charge is 0.271 e. The maximum atomic E-state index is 12.0. The van der Waals surface area contributed by atoms with Crippen LogP contribution in [0.25, 0.3) is 0 Å². The summed E-state index contributed by atoms with van der Waals surface area (Å²) in [6, 6.07) is 21.5. The van der Waals surface area contributed by atoms with Gasteiger partial charge in [0.2, 0.25) is 0 Å². The number of benzene rings is 2. The Morgan fingerprint density at radius 1 is 0.960 bits per heavy atom. The average molecular weight is 350 g/mol. The molecule has 2 aromatic carbocycles. The predicted molar refractivity (Wildman–Crippen MR) is 102 cm³/mol. The van der Waals surface area contributed by atoms with E-state index < -0.39 is 0 Å². The predicted octanol–water partition coefficient (Wildman–Crippen LogP) is 4.48. The molecule has 0 bridgehead atoms. The third-order valence-corrected chi connectivity index (χ3v) is 4.57. The van der Waals surface area contributed by atoms with Gasteiger partial charge in [-0.25, -0.2) is 5.43 Å². The van der Waals surface area contributed by atoms with E-state index in [1.807, 2.05) is 42.1 Å². The quantitative estimate of drug-likeness (QED) is 0.505. The zero-order chi connectivity index (χ0) is 17.3. The summed E-state index contributed by atoms with van der Waals surface area (Å²) in [5.74, 6) is 2.23. The summed E-state index contributed by atoms with van der Waals surface area (Å²) in [5, 5.41) is 3.87. The lowest BCUT2D eigenvalue weighted by Gasteiger charge is -2.04. The molecule has 1 amide bonds. The summed E-state index contributed by atoms with van der Waals surface area (Å²) >= 11 is 1.85. The molecule has 0 aliphatic rings. The highest BCUT2D eigenvalue weighted by Gasteiger charge is 2.04. The standard InChI is InChI=1S/C20H18N2O2S/c23-20(22-21-13-19-7-4-12-24-19)18-10-8-17(9-11-18)15-25-14-16-5-2-1-3-6-16/h1-13H,14-15H2,(H,22,23)/b21-13-. The second-order valence-corrected chi connectivity index (χ2v) is 6.38. The van der Waals surface area contributed by atoms with E-state index in [-0.39, 0.29) is 5.91 Å². The minimum absolute atomic E-state index is 0.244. The molecule has 0 saturated heterocycles. The van der Waals surface area contributed by atoms with E-state index in [1.165, 1.54) is 17.3 Å². The highest BCUT2D eigenvalue weighted by molar-refractivity contribution is 7.97. The van der Waals surface area contributed by atoms with Crippen molar-refractivity contribution in [3.63, 3.8) is 0 Å². The molecule has 0 aliphatic heterocycles. The van der Waals surface area contributed by atoms with Crippen LogP contribution >= 0.6 is 11.8 Å². The first-order valence-corrected chi connectivity index (χ1v) is 9.04. The molecule has 0 radical (unpaired) electrons. The molecule has 0 unspecified atom stereocenters. The SMILES string of the molecule is O=C(N/N=C\c1ccco1)c1ccc(CSCc2ccccc2)cc1. The van der Waals surface area contributed by atoms with Crippen LogP contribution in [-0.4, -0.2) is 12.1 Å². The van der Waals surface area contributed by atoms with Crippen molar-refractivity contribution >= 4 is 23.9 Å². The van der Waals surface area contributed by atoms with Gasteiger partial charge in [0.25, 0.3) is 5.91 Å². The summed E-state index contributed by atoms with van der Waals surface area (Å²) in [6.45, 7) is 0. The molecule has 3 rings (SSSR count). The molecule has 0 saturated carbocycles. The van der Waals surface area contributed by atoms with Crippen LogP contribution in [-0.2, 0) is 11.5 Å². The van der Waals surface area contributed by atoms with E-state index in [2.05, 4.69) is 34.8 Å². The number of hydrazone groups is 1. The number of carbonyl (C=O) groups is 1. The highest BCUT2D eigenvalue weighted by Crippen LogP contribution is 2.18. The second-order valence-electron chi connectivity index (χ2n) is 5.39. The van der Waals surface area contributed by atoms with E-state index in [1.54, 1.807) is 18.4 Å². The summed E-state index contributed by atoms with van der Waals surface area (Å²) in [6.07, 6.45) is 3.02. The highest BCUT2D eigenvalue weighted by atomic mass is 32.2. The Bertz CT molecular complexity index is 813. The number of hydrogen-bond donors (Lipinski definition) is 1. The molecule has 126 valence electrons. The molecular weight excluding hydrogens is 332 g/mol. The fraction of sp³-hybridized carbons (Fsp3) is 0.100. The fourth-order valence-corrected chi connectivity index (χ4v) is 3.16. The van der Waals surface area contributed by atoms with Crippen molar-refractivity contribution in [2.75, 3.05) is 0 Å². The Balaban J connectivity index is 1.47. The van der Waals surface area contributed by atoms with E-state index in [0.29, 0.717) is 11.3 Å². The van der Waals surface area contributed by atoms with E-state index in [9.17, 15) is 4.79 Å². The van der Waals surface area contributed by atoms with Gasteiger partial charge in [-0.1, -0.05) is 42.5 Å². The molecule has 1 N–H and O–H groups in total. The van der Waals surface area contributed by atoms with Crippen molar-refractivity contribution in [1.29, 1.82) is 0 Å². The first kappa shape index (κ1) is 17.0. The number of hydrogen-bond acceptors (Lipinski definition) is 4. The summed E-state index contributed by atoms with van der Waals surface area (Å²) in [5.41, 5.74) is 5.57. The Hall–Kier alpha value is -2.79. The van der Waals surface area contributed by atoms with E-state index in [4.69, 9.17) is 4.42 Å². The Labute approximate surface area is 150 Å². The number of nitrogens with zero attached hydrogens (tertiary/aromatic N) is 1. The van der Waals surface area contributed by atoms with Crippen LogP contribution < -0.4 is 5.43 Å². The molecule has 25 heavy (non-hydrogen) atoms. The van der Waals surface area contributed by atoms with Crippen LogP contribution in [0.2, 0.25) is 0 Å². The molecule has 0 fully saturated rings. The van der Waals surface area contributed by atoms with E-state index >= 15 is 0 Å². The maximum absolute atomic E-state index is 12.0. The zero-order valence-electron chi connectivity index (χ0n) is 13.6. The maximum Gasteiger partial charge on any atom is 0.271 e. The Morgan fingerprint density at radius 2 is 1.68 bits per heavy atom. The lowest BCUT2D eigenvalue weighted by molar-refractivity contribution is 0.0955. The van der Waals surface area contributed by atoms with Crippen LogP contribution in [0.3, 0.4) is 0 Å². The first-order valence-electron chi connectivity index (χ1n) is 7.89. The Kier molecular flexibility index (Phi) is 6.06. The molecule has 0 atom stereocenters. The van der Waals surface area contributed by atoms with Crippen molar-refractivity contribution < 1.29 is 9.21 Å². The number of nitrogens with one attached hydrogen (secondary N) is 1. The topological polar surface area (TPSA) is 54.6 Å². The van der Waals surface area contributed by atoms with Crippen LogP contribution in [0.5, 0.6) is 0 Å². The second kappa shape index (κ2) is 8.89. The molecule has 0 spiro atoms. The third kappa shape index (κ3) is 5.36. The van der Waals surface area contributed by atoms with Gasteiger partial charge >= 0.3 is 0 Å². The van der Waals surface area contributed by atoms with Crippen molar-refractivity contribution in [3.05, 3.63) is 95.4 Å². The van der Waals surface area contributed by atoms with Crippen LogP contribution in [0.15, 0.2) is 82.5 Å². The number of carbonyl (C=O) groups excluding carboxylic acids is 1. The first-order chi connectivity index (χ1) is 12.3. The summed E-state index contributed by atoms with van der Waals surface area (Å²) < 4.78 is 5.10. The minimum Gasteiger partial charge on any atom is -0.463 e. The zero-order valence-corrected chi connectivity index (χ0v) is 14.4. The van der Waals surface area contributed by atoms with Gasteiger partial charge < -0.3 is 4.42 Å².